The number of carbonyl (C=O) groups is 3. The van der Waals surface area contributed by atoms with E-state index in [9.17, 15) is 19.5 Å². The van der Waals surface area contributed by atoms with Crippen LogP contribution in [0, 0.1) is 5.41 Å². The zero-order chi connectivity index (χ0) is 15.1. The smallest absolute Gasteiger partial charge is 0.326 e. The van der Waals surface area contributed by atoms with Crippen molar-refractivity contribution < 1.29 is 19.5 Å². The summed E-state index contributed by atoms with van der Waals surface area (Å²) in [4.78, 5) is 36.9. The van der Waals surface area contributed by atoms with Gasteiger partial charge in [0, 0.05) is 0 Å². The lowest BCUT2D eigenvalue weighted by molar-refractivity contribution is -0.142. The van der Waals surface area contributed by atoms with E-state index in [1.807, 2.05) is 20.8 Å². The molecule has 20 heavy (non-hydrogen) atoms. The Morgan fingerprint density at radius 2 is 1.60 bits per heavy atom. The number of fused-ring (bicyclic) bond motifs is 1. The third-order valence-corrected chi connectivity index (χ3v) is 3.23. The van der Waals surface area contributed by atoms with Gasteiger partial charge in [-0.05, 0) is 24.0 Å². The molecule has 0 spiro atoms. The van der Waals surface area contributed by atoms with E-state index in [4.69, 9.17) is 0 Å². The Morgan fingerprint density at radius 3 is 1.95 bits per heavy atom. The zero-order valence-corrected chi connectivity index (χ0v) is 11.7. The quantitative estimate of drug-likeness (QED) is 0.858. The molecule has 106 valence electrons. The third kappa shape index (κ3) is 2.43. The normalized spacial score (nSPS) is 16.2. The Bertz CT molecular complexity index is 551. The number of rotatable bonds is 3. The van der Waals surface area contributed by atoms with Crippen LogP contribution in [0.25, 0.3) is 0 Å². The minimum atomic E-state index is -1.16. The highest BCUT2D eigenvalue weighted by molar-refractivity contribution is 6.22. The molecule has 0 saturated heterocycles. The number of benzene rings is 1. The fourth-order valence-corrected chi connectivity index (χ4v) is 2.36. The van der Waals surface area contributed by atoms with Crippen LogP contribution in [0.15, 0.2) is 24.3 Å². The molecule has 1 heterocycles. The molecule has 1 atom stereocenters. The topological polar surface area (TPSA) is 74.7 Å². The van der Waals surface area contributed by atoms with Gasteiger partial charge in [-0.3, -0.25) is 14.5 Å². The van der Waals surface area contributed by atoms with Gasteiger partial charge < -0.3 is 5.11 Å². The second-order valence-corrected chi connectivity index (χ2v) is 6.14. The largest absolute Gasteiger partial charge is 0.480 e. The second kappa shape index (κ2) is 4.74. The molecule has 1 aromatic rings. The Balaban J connectivity index is 2.40. The number of carbonyl (C=O) groups excluding carboxylic acids is 2. The van der Waals surface area contributed by atoms with Crippen LogP contribution in [0.3, 0.4) is 0 Å². The number of carboxylic acid groups (broad SMARTS) is 1. The van der Waals surface area contributed by atoms with Crippen molar-refractivity contribution >= 4 is 17.8 Å². The van der Waals surface area contributed by atoms with E-state index in [0.29, 0.717) is 0 Å². The summed E-state index contributed by atoms with van der Waals surface area (Å²) < 4.78 is 0. The number of imide groups is 1. The fraction of sp³-hybridized carbons (Fsp3) is 0.400. The van der Waals surface area contributed by atoms with E-state index in [1.165, 1.54) is 0 Å². The number of nitrogens with zero attached hydrogens (tertiary/aromatic N) is 1. The van der Waals surface area contributed by atoms with Crippen LogP contribution in [0.1, 0.15) is 47.9 Å². The maximum atomic E-state index is 12.3. The minimum absolute atomic E-state index is 0.216. The van der Waals surface area contributed by atoms with Gasteiger partial charge in [0.15, 0.2) is 0 Å². The molecular formula is C15H17NO4. The van der Waals surface area contributed by atoms with Crippen LogP contribution >= 0.6 is 0 Å². The molecule has 5 nitrogen and oxygen atoms in total. The SMILES string of the molecule is CC(C)(C)CC(C(=O)O)N1C(=O)c2ccccc2C1=O. The van der Waals surface area contributed by atoms with Gasteiger partial charge in [0.25, 0.3) is 11.8 Å². The second-order valence-electron chi connectivity index (χ2n) is 6.14. The summed E-state index contributed by atoms with van der Waals surface area (Å²) in [5, 5.41) is 9.37. The lowest BCUT2D eigenvalue weighted by Crippen LogP contribution is -2.46. The Kier molecular flexibility index (Phi) is 3.38. The van der Waals surface area contributed by atoms with E-state index in [2.05, 4.69) is 0 Å². The van der Waals surface area contributed by atoms with Crippen LogP contribution < -0.4 is 0 Å². The van der Waals surface area contributed by atoms with Gasteiger partial charge in [0.1, 0.15) is 6.04 Å². The van der Waals surface area contributed by atoms with Crippen molar-refractivity contribution in [3.63, 3.8) is 0 Å². The first-order valence-electron chi connectivity index (χ1n) is 6.42. The lowest BCUT2D eigenvalue weighted by Gasteiger charge is -2.28. The number of hydrogen-bond donors (Lipinski definition) is 1. The number of carboxylic acids is 1. The van der Waals surface area contributed by atoms with E-state index in [0.717, 1.165) is 4.90 Å². The molecule has 0 bridgehead atoms. The van der Waals surface area contributed by atoms with Gasteiger partial charge in [-0.1, -0.05) is 32.9 Å². The van der Waals surface area contributed by atoms with Crippen LogP contribution in [0.5, 0.6) is 0 Å². The molecule has 2 amide bonds. The standard InChI is InChI=1S/C15H17NO4/c1-15(2,3)8-11(14(19)20)16-12(17)9-6-4-5-7-10(9)13(16)18/h4-7,11H,8H2,1-3H3,(H,19,20). The summed E-state index contributed by atoms with van der Waals surface area (Å²) in [6.07, 6.45) is 0.216. The van der Waals surface area contributed by atoms with Gasteiger partial charge in [-0.15, -0.1) is 0 Å². The Hall–Kier alpha value is -2.17. The first-order valence-corrected chi connectivity index (χ1v) is 6.42. The molecule has 1 N–H and O–H groups in total. The zero-order valence-electron chi connectivity index (χ0n) is 11.7. The van der Waals surface area contributed by atoms with Gasteiger partial charge >= 0.3 is 5.97 Å². The average Bonchev–Trinajstić information content (AvgIpc) is 2.59. The molecular weight excluding hydrogens is 258 g/mol. The van der Waals surface area contributed by atoms with Crippen molar-refractivity contribution in [1.82, 2.24) is 4.90 Å². The highest BCUT2D eigenvalue weighted by Crippen LogP contribution is 2.30. The lowest BCUT2D eigenvalue weighted by atomic mass is 9.87. The maximum absolute atomic E-state index is 12.3. The Labute approximate surface area is 117 Å². The summed E-state index contributed by atoms with van der Waals surface area (Å²) in [6, 6.07) is 5.28. The van der Waals surface area contributed by atoms with Gasteiger partial charge in [-0.2, -0.15) is 0 Å². The number of hydrogen-bond acceptors (Lipinski definition) is 3. The van der Waals surface area contributed by atoms with E-state index in [1.54, 1.807) is 24.3 Å². The summed E-state index contributed by atoms with van der Waals surface area (Å²) in [5.74, 6) is -2.21. The monoisotopic (exact) mass is 275 g/mol. The molecule has 5 heteroatoms. The van der Waals surface area contributed by atoms with Gasteiger partial charge in [0.05, 0.1) is 11.1 Å². The van der Waals surface area contributed by atoms with Crippen molar-refractivity contribution in [2.75, 3.05) is 0 Å². The van der Waals surface area contributed by atoms with Crippen molar-refractivity contribution in [3.05, 3.63) is 35.4 Å². The van der Waals surface area contributed by atoms with Gasteiger partial charge in [-0.25, -0.2) is 4.79 Å². The molecule has 1 aliphatic rings. The van der Waals surface area contributed by atoms with Crippen molar-refractivity contribution in [1.29, 1.82) is 0 Å². The van der Waals surface area contributed by atoms with Crippen LogP contribution in [0.4, 0.5) is 0 Å². The molecule has 0 fully saturated rings. The first kappa shape index (κ1) is 14.2. The minimum Gasteiger partial charge on any atom is -0.480 e. The highest BCUT2D eigenvalue weighted by Gasteiger charge is 2.43. The summed E-state index contributed by atoms with van der Waals surface area (Å²) in [6.45, 7) is 5.63. The van der Waals surface area contributed by atoms with Crippen LogP contribution in [-0.2, 0) is 4.79 Å². The van der Waals surface area contributed by atoms with Crippen molar-refractivity contribution in [3.8, 4) is 0 Å². The fourth-order valence-electron chi connectivity index (χ4n) is 2.36. The molecule has 2 rings (SSSR count). The van der Waals surface area contributed by atoms with E-state index < -0.39 is 23.8 Å². The summed E-state index contributed by atoms with van der Waals surface area (Å²) in [7, 11) is 0. The predicted molar refractivity (Wildman–Crippen MR) is 72.4 cm³/mol. The predicted octanol–water partition coefficient (Wildman–Crippen LogP) is 2.17. The maximum Gasteiger partial charge on any atom is 0.326 e. The molecule has 0 aromatic heterocycles. The van der Waals surface area contributed by atoms with Crippen molar-refractivity contribution in [2.45, 2.75) is 33.2 Å². The molecule has 1 aromatic carbocycles. The molecule has 0 radical (unpaired) electrons. The van der Waals surface area contributed by atoms with E-state index in [-0.39, 0.29) is 23.0 Å². The molecule has 1 aliphatic heterocycles. The molecule has 1 unspecified atom stereocenters. The Morgan fingerprint density at radius 1 is 1.15 bits per heavy atom. The number of aliphatic carboxylic acids is 1. The van der Waals surface area contributed by atoms with E-state index >= 15 is 0 Å². The first-order chi connectivity index (χ1) is 9.22. The third-order valence-electron chi connectivity index (χ3n) is 3.23. The molecule has 0 saturated carbocycles. The average molecular weight is 275 g/mol. The van der Waals surface area contributed by atoms with Gasteiger partial charge in [0.2, 0.25) is 0 Å². The van der Waals surface area contributed by atoms with Crippen molar-refractivity contribution in [2.24, 2.45) is 5.41 Å². The summed E-state index contributed by atoms with van der Waals surface area (Å²) in [5.41, 5.74) is 0.244. The number of amides is 2. The highest BCUT2D eigenvalue weighted by atomic mass is 16.4. The van der Waals surface area contributed by atoms with Crippen LogP contribution in [0.2, 0.25) is 0 Å². The molecule has 0 aliphatic carbocycles. The van der Waals surface area contributed by atoms with Crippen LogP contribution in [-0.4, -0.2) is 33.8 Å². The summed E-state index contributed by atoms with van der Waals surface area (Å²) >= 11 is 0.